The molecule has 0 aliphatic heterocycles. The molecule has 1 amide bonds. The van der Waals surface area contributed by atoms with E-state index >= 15 is 0 Å². The Morgan fingerprint density at radius 3 is 2.41 bits per heavy atom. The zero-order valence-electron chi connectivity index (χ0n) is 15.3. The average molecular weight is 418 g/mol. The van der Waals surface area contributed by atoms with Crippen LogP contribution in [0.15, 0.2) is 70.4 Å². The molecule has 0 atom stereocenters. The Morgan fingerprint density at radius 2 is 1.76 bits per heavy atom. The van der Waals surface area contributed by atoms with Crippen LogP contribution in [0.4, 0.5) is 13.2 Å². The first kappa shape index (κ1) is 20.7. The lowest BCUT2D eigenvalue weighted by Crippen LogP contribution is -2.33. The molecule has 3 aromatic rings. The van der Waals surface area contributed by atoms with Gasteiger partial charge in [-0.15, -0.1) is 12.6 Å². The van der Waals surface area contributed by atoms with Gasteiger partial charge < -0.3 is 5.32 Å². The number of halogens is 3. The van der Waals surface area contributed by atoms with Crippen LogP contribution in [0.1, 0.15) is 27.2 Å². The van der Waals surface area contributed by atoms with E-state index in [0.717, 1.165) is 27.2 Å². The average Bonchev–Trinajstić information content (AvgIpc) is 2.67. The predicted molar refractivity (Wildman–Crippen MR) is 107 cm³/mol. The highest BCUT2D eigenvalue weighted by molar-refractivity contribution is 7.80. The minimum Gasteiger partial charge on any atom is -0.348 e. The topological polar surface area (TPSA) is 51.1 Å². The number of aromatic nitrogens is 1. The summed E-state index contributed by atoms with van der Waals surface area (Å²) in [4.78, 5) is 26.1. The van der Waals surface area contributed by atoms with E-state index < -0.39 is 23.2 Å². The lowest BCUT2D eigenvalue weighted by molar-refractivity contribution is -0.137. The highest BCUT2D eigenvalue weighted by Crippen LogP contribution is 2.30. The van der Waals surface area contributed by atoms with Crippen molar-refractivity contribution in [3.63, 3.8) is 0 Å². The molecule has 150 valence electrons. The van der Waals surface area contributed by atoms with Gasteiger partial charge in [0.1, 0.15) is 5.56 Å². The van der Waals surface area contributed by atoms with Gasteiger partial charge in [-0.3, -0.25) is 14.2 Å². The summed E-state index contributed by atoms with van der Waals surface area (Å²) in [6.45, 7) is 1.78. The number of alkyl halides is 3. The van der Waals surface area contributed by atoms with Crippen LogP contribution in [0.25, 0.3) is 5.69 Å². The molecule has 0 saturated heterocycles. The molecule has 0 radical (unpaired) electrons. The van der Waals surface area contributed by atoms with Crippen molar-refractivity contribution >= 4 is 18.5 Å². The monoisotopic (exact) mass is 418 g/mol. The number of benzene rings is 2. The van der Waals surface area contributed by atoms with E-state index in [1.165, 1.54) is 24.3 Å². The lowest BCUT2D eigenvalue weighted by atomic mass is 10.1. The lowest BCUT2D eigenvalue weighted by Gasteiger charge is -2.14. The van der Waals surface area contributed by atoms with Crippen LogP contribution in [0.5, 0.6) is 0 Å². The second kappa shape index (κ2) is 8.16. The van der Waals surface area contributed by atoms with Crippen molar-refractivity contribution in [1.29, 1.82) is 0 Å². The molecule has 3 rings (SSSR count). The van der Waals surface area contributed by atoms with E-state index in [-0.39, 0.29) is 17.8 Å². The molecule has 4 nitrogen and oxygen atoms in total. The van der Waals surface area contributed by atoms with Crippen molar-refractivity contribution in [3.8, 4) is 5.69 Å². The van der Waals surface area contributed by atoms with Gasteiger partial charge in [0.25, 0.3) is 11.5 Å². The van der Waals surface area contributed by atoms with Gasteiger partial charge in [-0.1, -0.05) is 18.2 Å². The Kier molecular flexibility index (Phi) is 5.83. The number of hydrogen-bond donors (Lipinski definition) is 2. The molecule has 2 aromatic carbocycles. The molecule has 0 bridgehead atoms. The van der Waals surface area contributed by atoms with E-state index in [0.29, 0.717) is 5.69 Å². The van der Waals surface area contributed by atoms with Gasteiger partial charge >= 0.3 is 6.18 Å². The van der Waals surface area contributed by atoms with E-state index in [1.54, 1.807) is 31.2 Å². The maximum atomic E-state index is 13.0. The quantitative estimate of drug-likeness (QED) is 0.618. The highest BCUT2D eigenvalue weighted by Gasteiger charge is 2.30. The van der Waals surface area contributed by atoms with Crippen LogP contribution in [-0.2, 0) is 12.7 Å². The van der Waals surface area contributed by atoms with Crippen LogP contribution in [0.3, 0.4) is 0 Å². The minimum atomic E-state index is -4.54. The normalized spacial score (nSPS) is 11.3. The second-order valence-corrected chi connectivity index (χ2v) is 6.94. The number of amides is 1. The van der Waals surface area contributed by atoms with E-state index in [1.807, 2.05) is 0 Å². The highest BCUT2D eigenvalue weighted by atomic mass is 32.1. The van der Waals surface area contributed by atoms with Crippen molar-refractivity contribution in [2.45, 2.75) is 24.5 Å². The number of rotatable bonds is 4. The number of carbonyl (C=O) groups is 1. The Bertz CT molecular complexity index is 1110. The van der Waals surface area contributed by atoms with Gasteiger partial charge in [0.2, 0.25) is 0 Å². The number of aryl methyl sites for hydroxylation is 1. The van der Waals surface area contributed by atoms with Crippen molar-refractivity contribution in [2.75, 3.05) is 0 Å². The maximum absolute atomic E-state index is 13.0. The standard InChI is InChI=1S/C21H17F3N2O2S/c1-13-5-10-18(19(27)25-12-14-6-8-17(29)9-7-14)20(28)26(13)16-4-2-3-15(11-16)21(22,23)24/h2-11,29H,12H2,1H3,(H,25,27). The molecule has 0 aliphatic carbocycles. The molecule has 0 saturated carbocycles. The van der Waals surface area contributed by atoms with Crippen LogP contribution in [-0.4, -0.2) is 10.5 Å². The Balaban J connectivity index is 1.92. The summed E-state index contributed by atoms with van der Waals surface area (Å²) in [7, 11) is 0. The Morgan fingerprint density at radius 1 is 1.07 bits per heavy atom. The van der Waals surface area contributed by atoms with Crippen molar-refractivity contribution < 1.29 is 18.0 Å². The molecular formula is C21H17F3N2O2S. The molecule has 0 spiro atoms. The molecule has 1 aromatic heterocycles. The van der Waals surface area contributed by atoms with Crippen LogP contribution >= 0.6 is 12.6 Å². The van der Waals surface area contributed by atoms with E-state index in [2.05, 4.69) is 17.9 Å². The fourth-order valence-corrected chi connectivity index (χ4v) is 2.99. The Labute approximate surface area is 170 Å². The molecule has 0 fully saturated rings. The fraction of sp³-hybridized carbons (Fsp3) is 0.143. The largest absolute Gasteiger partial charge is 0.416 e. The zero-order chi connectivity index (χ0) is 21.2. The summed E-state index contributed by atoms with van der Waals surface area (Å²) in [5.41, 5.74) is -0.437. The minimum absolute atomic E-state index is 0.0429. The Hall–Kier alpha value is -3.00. The summed E-state index contributed by atoms with van der Waals surface area (Å²) in [5, 5.41) is 2.65. The van der Waals surface area contributed by atoms with Gasteiger partial charge in [0, 0.05) is 22.8 Å². The smallest absolute Gasteiger partial charge is 0.348 e. The maximum Gasteiger partial charge on any atom is 0.416 e. The number of hydrogen-bond acceptors (Lipinski definition) is 3. The SMILES string of the molecule is Cc1ccc(C(=O)NCc2ccc(S)cc2)c(=O)n1-c1cccc(C(F)(F)F)c1. The molecular weight excluding hydrogens is 401 g/mol. The van der Waals surface area contributed by atoms with Crippen LogP contribution < -0.4 is 10.9 Å². The van der Waals surface area contributed by atoms with Gasteiger partial charge in [0.15, 0.2) is 0 Å². The van der Waals surface area contributed by atoms with Crippen LogP contribution in [0, 0.1) is 6.92 Å². The molecule has 29 heavy (non-hydrogen) atoms. The number of nitrogens with one attached hydrogen (secondary N) is 1. The van der Waals surface area contributed by atoms with Gasteiger partial charge in [-0.25, -0.2) is 0 Å². The zero-order valence-corrected chi connectivity index (χ0v) is 16.2. The number of thiol groups is 1. The van der Waals surface area contributed by atoms with Crippen molar-refractivity contribution in [1.82, 2.24) is 9.88 Å². The van der Waals surface area contributed by atoms with Crippen molar-refractivity contribution in [3.05, 3.63) is 93.4 Å². The third-order valence-electron chi connectivity index (χ3n) is 4.34. The third-order valence-corrected chi connectivity index (χ3v) is 4.64. The summed E-state index contributed by atoms with van der Waals surface area (Å²) < 4.78 is 40.2. The summed E-state index contributed by atoms with van der Waals surface area (Å²) >= 11 is 4.19. The second-order valence-electron chi connectivity index (χ2n) is 6.43. The summed E-state index contributed by atoms with van der Waals surface area (Å²) in [5.74, 6) is -0.606. The molecule has 0 unspecified atom stereocenters. The molecule has 8 heteroatoms. The summed E-state index contributed by atoms with van der Waals surface area (Å²) in [6, 6.07) is 14.4. The van der Waals surface area contributed by atoms with Crippen LogP contribution in [0.2, 0.25) is 0 Å². The predicted octanol–water partition coefficient (Wildman–Crippen LogP) is 4.38. The summed E-state index contributed by atoms with van der Waals surface area (Å²) in [6.07, 6.45) is -4.54. The number of nitrogens with zero attached hydrogens (tertiary/aromatic N) is 1. The first-order chi connectivity index (χ1) is 13.7. The first-order valence-electron chi connectivity index (χ1n) is 8.63. The molecule has 1 heterocycles. The number of carbonyl (C=O) groups excluding carboxylic acids is 1. The number of pyridine rings is 1. The van der Waals surface area contributed by atoms with E-state index in [4.69, 9.17) is 0 Å². The van der Waals surface area contributed by atoms with Gasteiger partial charge in [-0.05, 0) is 55.0 Å². The van der Waals surface area contributed by atoms with Gasteiger partial charge in [0.05, 0.1) is 5.56 Å². The third kappa shape index (κ3) is 4.71. The molecule has 0 aliphatic rings. The molecule has 1 N–H and O–H groups in total. The fourth-order valence-electron chi connectivity index (χ4n) is 2.84. The van der Waals surface area contributed by atoms with Gasteiger partial charge in [-0.2, -0.15) is 13.2 Å². The van der Waals surface area contributed by atoms with E-state index in [9.17, 15) is 22.8 Å². The first-order valence-corrected chi connectivity index (χ1v) is 9.08. The van der Waals surface area contributed by atoms with Crippen molar-refractivity contribution in [2.24, 2.45) is 0 Å².